The van der Waals surface area contributed by atoms with Crippen LogP contribution in [0.1, 0.15) is 50.7 Å². The minimum absolute atomic E-state index is 0.0665. The maximum atomic E-state index is 12.2. The Morgan fingerprint density at radius 1 is 1.29 bits per heavy atom. The molecule has 3 heteroatoms. The highest BCUT2D eigenvalue weighted by Gasteiger charge is 2.21. The number of carbonyl (C=O) groups excluding carboxylic acids is 1. The third kappa shape index (κ3) is 4.31. The molecule has 116 valence electrons. The van der Waals surface area contributed by atoms with Crippen molar-refractivity contribution in [2.75, 3.05) is 11.9 Å². The SMILES string of the molecule is CCc1cccc(C)c1NC(=O)CN[C@H]1CCCC[C@@H]1C. The molecular formula is C18H28N2O. The van der Waals surface area contributed by atoms with Gasteiger partial charge in [-0.15, -0.1) is 0 Å². The van der Waals surface area contributed by atoms with Gasteiger partial charge in [-0.05, 0) is 43.2 Å². The van der Waals surface area contributed by atoms with Gasteiger partial charge >= 0.3 is 0 Å². The zero-order valence-electron chi connectivity index (χ0n) is 13.5. The molecule has 2 N–H and O–H groups in total. The second kappa shape index (κ2) is 7.60. The first kappa shape index (κ1) is 16.0. The summed E-state index contributed by atoms with van der Waals surface area (Å²) in [5.74, 6) is 0.744. The van der Waals surface area contributed by atoms with Gasteiger partial charge in [-0.3, -0.25) is 4.79 Å². The Balaban J connectivity index is 1.90. The molecule has 2 atom stereocenters. The number of benzene rings is 1. The van der Waals surface area contributed by atoms with Crippen LogP contribution < -0.4 is 10.6 Å². The van der Waals surface area contributed by atoms with Gasteiger partial charge in [-0.25, -0.2) is 0 Å². The number of amides is 1. The highest BCUT2D eigenvalue weighted by atomic mass is 16.1. The monoisotopic (exact) mass is 288 g/mol. The molecule has 1 fully saturated rings. The van der Waals surface area contributed by atoms with Gasteiger partial charge < -0.3 is 10.6 Å². The van der Waals surface area contributed by atoms with Crippen LogP contribution in [0.4, 0.5) is 5.69 Å². The standard InChI is InChI=1S/C18H28N2O/c1-4-15-10-7-9-14(3)18(15)20-17(21)12-19-16-11-6-5-8-13(16)2/h7,9-10,13,16,19H,4-6,8,11-12H2,1-3H3,(H,20,21)/t13-,16-/m0/s1. The van der Waals surface area contributed by atoms with E-state index < -0.39 is 0 Å². The number of aryl methyl sites for hydroxylation is 2. The van der Waals surface area contributed by atoms with Gasteiger partial charge in [0.05, 0.1) is 6.54 Å². The van der Waals surface area contributed by atoms with Crippen molar-refractivity contribution < 1.29 is 4.79 Å². The van der Waals surface area contributed by atoms with Crippen LogP contribution in [0.5, 0.6) is 0 Å². The van der Waals surface area contributed by atoms with Gasteiger partial charge in [0.1, 0.15) is 0 Å². The van der Waals surface area contributed by atoms with Crippen LogP contribution in [-0.2, 0) is 11.2 Å². The predicted octanol–water partition coefficient (Wildman–Crippen LogP) is 3.66. The Kier molecular flexibility index (Phi) is 5.80. The van der Waals surface area contributed by atoms with E-state index in [-0.39, 0.29) is 5.91 Å². The maximum absolute atomic E-state index is 12.2. The summed E-state index contributed by atoms with van der Waals surface area (Å²) in [6, 6.07) is 6.67. The number of carbonyl (C=O) groups is 1. The second-order valence-electron chi connectivity index (χ2n) is 6.26. The maximum Gasteiger partial charge on any atom is 0.238 e. The molecule has 2 rings (SSSR count). The molecule has 0 aromatic heterocycles. The minimum atomic E-state index is 0.0665. The average Bonchev–Trinajstić information content (AvgIpc) is 2.48. The number of hydrogen-bond acceptors (Lipinski definition) is 2. The van der Waals surface area contributed by atoms with Crippen molar-refractivity contribution in [2.45, 2.75) is 58.9 Å². The Labute approximate surface area is 128 Å². The highest BCUT2D eigenvalue weighted by molar-refractivity contribution is 5.93. The summed E-state index contributed by atoms with van der Waals surface area (Å²) in [5.41, 5.74) is 3.33. The molecule has 0 radical (unpaired) electrons. The molecule has 3 nitrogen and oxygen atoms in total. The van der Waals surface area contributed by atoms with E-state index in [1.807, 2.05) is 19.1 Å². The summed E-state index contributed by atoms with van der Waals surface area (Å²) in [7, 11) is 0. The Morgan fingerprint density at radius 2 is 2.05 bits per heavy atom. The largest absolute Gasteiger partial charge is 0.324 e. The smallest absolute Gasteiger partial charge is 0.238 e. The Hall–Kier alpha value is -1.35. The Bertz CT molecular complexity index is 484. The van der Waals surface area contributed by atoms with Crippen molar-refractivity contribution in [3.05, 3.63) is 29.3 Å². The van der Waals surface area contributed by atoms with Crippen molar-refractivity contribution >= 4 is 11.6 Å². The molecule has 0 heterocycles. The van der Waals surface area contributed by atoms with Crippen LogP contribution in [0.2, 0.25) is 0 Å². The number of hydrogen-bond donors (Lipinski definition) is 2. The molecule has 1 aromatic carbocycles. The summed E-state index contributed by atoms with van der Waals surface area (Å²) in [6.45, 7) is 6.86. The lowest BCUT2D eigenvalue weighted by Gasteiger charge is -2.29. The van der Waals surface area contributed by atoms with E-state index >= 15 is 0 Å². The van der Waals surface area contributed by atoms with Gasteiger partial charge in [-0.1, -0.05) is 44.9 Å². The molecule has 1 saturated carbocycles. The molecule has 0 bridgehead atoms. The quantitative estimate of drug-likeness (QED) is 0.868. The lowest BCUT2D eigenvalue weighted by Crippen LogP contribution is -2.41. The van der Waals surface area contributed by atoms with Gasteiger partial charge in [0.2, 0.25) is 5.91 Å². The first-order valence-corrected chi connectivity index (χ1v) is 8.23. The van der Waals surface area contributed by atoms with E-state index in [9.17, 15) is 4.79 Å². The topological polar surface area (TPSA) is 41.1 Å². The molecule has 1 aromatic rings. The van der Waals surface area contributed by atoms with E-state index in [1.165, 1.54) is 31.2 Å². The molecule has 0 spiro atoms. The first-order valence-electron chi connectivity index (χ1n) is 8.23. The lowest BCUT2D eigenvalue weighted by atomic mass is 9.86. The molecule has 0 saturated heterocycles. The first-order chi connectivity index (χ1) is 10.1. The predicted molar refractivity (Wildman–Crippen MR) is 88.6 cm³/mol. The normalized spacial score (nSPS) is 22.0. The van der Waals surface area contributed by atoms with Crippen LogP contribution in [0.25, 0.3) is 0 Å². The van der Waals surface area contributed by atoms with E-state index in [2.05, 4.69) is 30.5 Å². The number of para-hydroxylation sites is 1. The zero-order valence-corrected chi connectivity index (χ0v) is 13.5. The van der Waals surface area contributed by atoms with Crippen molar-refractivity contribution in [2.24, 2.45) is 5.92 Å². The lowest BCUT2D eigenvalue weighted by molar-refractivity contribution is -0.115. The Morgan fingerprint density at radius 3 is 2.76 bits per heavy atom. The van der Waals surface area contributed by atoms with Crippen LogP contribution in [0.3, 0.4) is 0 Å². The zero-order chi connectivity index (χ0) is 15.2. The van der Waals surface area contributed by atoms with E-state index in [0.717, 1.165) is 17.7 Å². The van der Waals surface area contributed by atoms with Gasteiger partial charge in [0.15, 0.2) is 0 Å². The summed E-state index contributed by atoms with van der Waals surface area (Å²) < 4.78 is 0. The van der Waals surface area contributed by atoms with Crippen LogP contribution in [0, 0.1) is 12.8 Å². The fourth-order valence-electron chi connectivity index (χ4n) is 3.23. The molecular weight excluding hydrogens is 260 g/mol. The van der Waals surface area contributed by atoms with Gasteiger partial charge in [-0.2, -0.15) is 0 Å². The molecule has 1 aliphatic rings. The van der Waals surface area contributed by atoms with E-state index in [4.69, 9.17) is 0 Å². The van der Waals surface area contributed by atoms with Crippen LogP contribution >= 0.6 is 0 Å². The van der Waals surface area contributed by atoms with Gasteiger partial charge in [0.25, 0.3) is 0 Å². The van der Waals surface area contributed by atoms with Gasteiger partial charge in [0, 0.05) is 11.7 Å². The molecule has 0 unspecified atom stereocenters. The number of anilines is 1. The summed E-state index contributed by atoms with van der Waals surface area (Å²) in [6.07, 6.45) is 6.01. The molecule has 1 aliphatic carbocycles. The fourth-order valence-corrected chi connectivity index (χ4v) is 3.23. The third-order valence-electron chi connectivity index (χ3n) is 4.64. The average molecular weight is 288 g/mol. The van der Waals surface area contributed by atoms with Crippen LogP contribution in [-0.4, -0.2) is 18.5 Å². The molecule has 21 heavy (non-hydrogen) atoms. The van der Waals surface area contributed by atoms with Crippen molar-refractivity contribution in [1.29, 1.82) is 0 Å². The molecule has 1 amide bonds. The van der Waals surface area contributed by atoms with Crippen molar-refractivity contribution in [1.82, 2.24) is 5.32 Å². The minimum Gasteiger partial charge on any atom is -0.324 e. The molecule has 0 aliphatic heterocycles. The third-order valence-corrected chi connectivity index (χ3v) is 4.64. The summed E-state index contributed by atoms with van der Waals surface area (Å²) in [5, 5.41) is 6.52. The van der Waals surface area contributed by atoms with Crippen molar-refractivity contribution in [3.63, 3.8) is 0 Å². The van der Waals surface area contributed by atoms with E-state index in [1.54, 1.807) is 0 Å². The number of rotatable bonds is 5. The number of nitrogens with one attached hydrogen (secondary N) is 2. The summed E-state index contributed by atoms with van der Waals surface area (Å²) in [4.78, 5) is 12.2. The van der Waals surface area contributed by atoms with Crippen molar-refractivity contribution in [3.8, 4) is 0 Å². The highest BCUT2D eigenvalue weighted by Crippen LogP contribution is 2.24. The second-order valence-corrected chi connectivity index (χ2v) is 6.26. The van der Waals surface area contributed by atoms with E-state index in [0.29, 0.717) is 18.5 Å². The fraction of sp³-hybridized carbons (Fsp3) is 0.611. The van der Waals surface area contributed by atoms with Crippen LogP contribution in [0.15, 0.2) is 18.2 Å². The summed E-state index contributed by atoms with van der Waals surface area (Å²) >= 11 is 0.